The summed E-state index contributed by atoms with van der Waals surface area (Å²) in [7, 11) is 0. The van der Waals surface area contributed by atoms with Gasteiger partial charge in [0.15, 0.2) is 0 Å². The minimum Gasteiger partial charge on any atom is -0.0996 e. The zero-order valence-corrected chi connectivity index (χ0v) is 13.8. The largest absolute Gasteiger partial charge is 0.0996 e. The van der Waals surface area contributed by atoms with Crippen LogP contribution in [-0.2, 0) is 0 Å². The molecule has 0 unspecified atom stereocenters. The fourth-order valence-electron chi connectivity index (χ4n) is 7.68. The molecule has 0 aliphatic heterocycles. The number of fused-ring (bicyclic) bond motifs is 3. The molecule has 0 aromatic rings. The van der Waals surface area contributed by atoms with Crippen LogP contribution in [-0.4, -0.2) is 0 Å². The molecule has 0 nitrogen and oxygen atoms in total. The summed E-state index contributed by atoms with van der Waals surface area (Å²) in [6.07, 6.45) is 13.3. The molecule has 0 aromatic heterocycles. The van der Waals surface area contributed by atoms with Gasteiger partial charge in [-0.1, -0.05) is 39.3 Å². The van der Waals surface area contributed by atoms with Crippen molar-refractivity contribution in [2.75, 3.05) is 0 Å². The van der Waals surface area contributed by atoms with E-state index in [1.165, 1.54) is 57.8 Å². The van der Waals surface area contributed by atoms with Gasteiger partial charge in [0.05, 0.1) is 0 Å². The highest BCUT2D eigenvalue weighted by molar-refractivity contribution is 5.22. The molecule has 0 N–H and O–H groups in total. The lowest BCUT2D eigenvalue weighted by Gasteiger charge is -2.64. The first-order valence-electron chi connectivity index (χ1n) is 9.05. The van der Waals surface area contributed by atoms with Gasteiger partial charge >= 0.3 is 0 Å². The van der Waals surface area contributed by atoms with Crippen LogP contribution in [0.25, 0.3) is 0 Å². The van der Waals surface area contributed by atoms with Gasteiger partial charge < -0.3 is 0 Å². The van der Waals surface area contributed by atoms with Crippen LogP contribution in [0.1, 0.15) is 78.6 Å². The predicted molar refractivity (Wildman–Crippen MR) is 85.5 cm³/mol. The van der Waals surface area contributed by atoms with Crippen molar-refractivity contribution in [1.29, 1.82) is 0 Å². The molecule has 20 heavy (non-hydrogen) atoms. The van der Waals surface area contributed by atoms with E-state index in [9.17, 15) is 0 Å². The molecule has 0 aromatic carbocycles. The Balaban J connectivity index is 1.74. The van der Waals surface area contributed by atoms with Gasteiger partial charge in [-0.2, -0.15) is 0 Å². The van der Waals surface area contributed by atoms with Gasteiger partial charge in [-0.3, -0.25) is 0 Å². The second kappa shape index (κ2) is 3.93. The van der Waals surface area contributed by atoms with Crippen molar-refractivity contribution in [3.05, 3.63) is 12.2 Å². The highest BCUT2D eigenvalue weighted by Crippen LogP contribution is 2.72. The van der Waals surface area contributed by atoms with Crippen LogP contribution in [0, 0.1) is 34.0 Å². The van der Waals surface area contributed by atoms with E-state index in [1.54, 1.807) is 5.57 Å². The van der Waals surface area contributed by atoms with E-state index in [0.29, 0.717) is 16.2 Å². The van der Waals surface area contributed by atoms with E-state index in [0.717, 1.165) is 17.8 Å². The SMILES string of the molecule is C=C1C[C@]23CC[C@@H]4C(C)(C)CCC[C@@]4(C)[C@@H]2CC[C@H]1C3. The number of allylic oxidation sites excluding steroid dienone is 1. The van der Waals surface area contributed by atoms with Gasteiger partial charge in [0.1, 0.15) is 0 Å². The number of hydrogen-bond acceptors (Lipinski definition) is 0. The first kappa shape index (κ1) is 13.4. The Kier molecular flexibility index (Phi) is 2.63. The Morgan fingerprint density at radius 2 is 1.75 bits per heavy atom. The molecule has 4 rings (SSSR count). The molecule has 1 spiro atoms. The molecule has 112 valence electrons. The molecule has 4 saturated carbocycles. The molecule has 0 amide bonds. The average molecular weight is 272 g/mol. The van der Waals surface area contributed by atoms with E-state index in [4.69, 9.17) is 0 Å². The maximum Gasteiger partial charge on any atom is -0.0200 e. The Morgan fingerprint density at radius 3 is 2.55 bits per heavy atom. The third-order valence-electron chi connectivity index (χ3n) is 8.36. The first-order valence-corrected chi connectivity index (χ1v) is 9.05. The van der Waals surface area contributed by atoms with Crippen molar-refractivity contribution >= 4 is 0 Å². The monoisotopic (exact) mass is 272 g/mol. The van der Waals surface area contributed by atoms with E-state index >= 15 is 0 Å². The normalized spacial score (nSPS) is 53.4. The van der Waals surface area contributed by atoms with Gasteiger partial charge in [0.2, 0.25) is 0 Å². The van der Waals surface area contributed by atoms with Crippen molar-refractivity contribution in [1.82, 2.24) is 0 Å². The van der Waals surface area contributed by atoms with Gasteiger partial charge in [-0.05, 0) is 85.4 Å². The molecule has 4 fully saturated rings. The van der Waals surface area contributed by atoms with Crippen molar-refractivity contribution < 1.29 is 0 Å². The Hall–Kier alpha value is -0.260. The maximum atomic E-state index is 4.44. The van der Waals surface area contributed by atoms with E-state index in [-0.39, 0.29) is 0 Å². The molecule has 0 saturated heterocycles. The summed E-state index contributed by atoms with van der Waals surface area (Å²) < 4.78 is 0. The summed E-state index contributed by atoms with van der Waals surface area (Å²) in [4.78, 5) is 0. The quantitative estimate of drug-likeness (QED) is 0.476. The lowest BCUT2D eigenvalue weighted by molar-refractivity contribution is -0.144. The highest BCUT2D eigenvalue weighted by Gasteiger charge is 2.62. The van der Waals surface area contributed by atoms with E-state index in [2.05, 4.69) is 27.4 Å². The van der Waals surface area contributed by atoms with Crippen molar-refractivity contribution in [3.63, 3.8) is 0 Å². The third kappa shape index (κ3) is 1.54. The maximum absolute atomic E-state index is 4.44. The molecular formula is C20H32. The molecule has 4 aliphatic carbocycles. The molecule has 2 bridgehead atoms. The molecule has 0 heterocycles. The van der Waals surface area contributed by atoms with Crippen LogP contribution in [0.15, 0.2) is 12.2 Å². The van der Waals surface area contributed by atoms with Gasteiger partial charge in [0.25, 0.3) is 0 Å². The third-order valence-corrected chi connectivity index (χ3v) is 8.36. The second-order valence-corrected chi connectivity index (χ2v) is 9.67. The van der Waals surface area contributed by atoms with Crippen LogP contribution < -0.4 is 0 Å². The standard InChI is InChI=1S/C20H32/c1-14-12-20-11-8-16-18(2,3)9-5-10-19(16,4)17(20)7-6-15(14)13-20/h15-17H,1,5-13H2,2-4H3/t15-,16+,17-,19+,20-/m0/s1. The zero-order valence-electron chi connectivity index (χ0n) is 13.8. The number of rotatable bonds is 0. The minimum atomic E-state index is 0.584. The lowest BCUT2D eigenvalue weighted by atomic mass is 9.41. The lowest BCUT2D eigenvalue weighted by Crippen LogP contribution is -2.55. The van der Waals surface area contributed by atoms with Crippen molar-refractivity contribution in [2.45, 2.75) is 78.6 Å². The van der Waals surface area contributed by atoms with Gasteiger partial charge in [0, 0.05) is 0 Å². The Labute approximate surface area is 125 Å². The highest BCUT2D eigenvalue weighted by atomic mass is 14.7. The Bertz CT molecular complexity index is 445. The fraction of sp³-hybridized carbons (Fsp3) is 0.900. The topological polar surface area (TPSA) is 0 Å². The molecular weight excluding hydrogens is 240 g/mol. The molecule has 5 atom stereocenters. The van der Waals surface area contributed by atoms with Gasteiger partial charge in [-0.15, -0.1) is 0 Å². The van der Waals surface area contributed by atoms with Crippen molar-refractivity contribution in [3.8, 4) is 0 Å². The summed E-state index contributed by atoms with van der Waals surface area (Å²) >= 11 is 0. The summed E-state index contributed by atoms with van der Waals surface area (Å²) in [6, 6.07) is 0. The fourth-order valence-corrected chi connectivity index (χ4v) is 7.68. The van der Waals surface area contributed by atoms with Crippen LogP contribution in [0.2, 0.25) is 0 Å². The summed E-state index contributed by atoms with van der Waals surface area (Å²) in [5, 5.41) is 0. The summed E-state index contributed by atoms with van der Waals surface area (Å²) in [6.45, 7) is 12.2. The first-order chi connectivity index (χ1) is 9.37. The van der Waals surface area contributed by atoms with Crippen LogP contribution in [0.5, 0.6) is 0 Å². The second-order valence-electron chi connectivity index (χ2n) is 9.67. The smallest absolute Gasteiger partial charge is 0.0200 e. The predicted octanol–water partition coefficient (Wildman–Crippen LogP) is 5.98. The van der Waals surface area contributed by atoms with Crippen LogP contribution >= 0.6 is 0 Å². The Morgan fingerprint density at radius 1 is 0.950 bits per heavy atom. The summed E-state index contributed by atoms with van der Waals surface area (Å²) in [5.41, 5.74) is 3.51. The van der Waals surface area contributed by atoms with Gasteiger partial charge in [-0.25, -0.2) is 0 Å². The molecule has 4 aliphatic rings. The summed E-state index contributed by atoms with van der Waals surface area (Å²) in [5.74, 6) is 2.87. The average Bonchev–Trinajstić information content (AvgIpc) is 2.58. The zero-order chi connectivity index (χ0) is 14.2. The van der Waals surface area contributed by atoms with Crippen LogP contribution in [0.3, 0.4) is 0 Å². The van der Waals surface area contributed by atoms with E-state index in [1.807, 2.05) is 0 Å². The minimum absolute atomic E-state index is 0.584. The van der Waals surface area contributed by atoms with E-state index < -0.39 is 0 Å². The molecule has 0 heteroatoms. The van der Waals surface area contributed by atoms with Crippen molar-refractivity contribution in [2.24, 2.45) is 34.0 Å². The van der Waals surface area contributed by atoms with Crippen LogP contribution in [0.4, 0.5) is 0 Å². The number of hydrogen-bond donors (Lipinski definition) is 0. The molecule has 0 radical (unpaired) electrons.